The van der Waals surface area contributed by atoms with Crippen molar-refractivity contribution in [3.05, 3.63) is 42.2 Å². The number of benzene rings is 1. The molecule has 1 atom stereocenters. The van der Waals surface area contributed by atoms with Crippen LogP contribution >= 0.6 is 11.8 Å². The van der Waals surface area contributed by atoms with Crippen LogP contribution in [0.5, 0.6) is 0 Å². The molecule has 5 heteroatoms. The fourth-order valence-corrected chi connectivity index (χ4v) is 2.71. The number of rotatable bonds is 5. The van der Waals surface area contributed by atoms with Gasteiger partial charge in [0.1, 0.15) is 0 Å². The van der Waals surface area contributed by atoms with Gasteiger partial charge in [0.15, 0.2) is 5.16 Å². The Balaban J connectivity index is 2.02. The van der Waals surface area contributed by atoms with Crippen molar-refractivity contribution in [3.8, 4) is 0 Å². The van der Waals surface area contributed by atoms with Crippen LogP contribution in [0.2, 0.25) is 0 Å². The van der Waals surface area contributed by atoms with Gasteiger partial charge in [0, 0.05) is 25.1 Å². The molecule has 0 aliphatic rings. The predicted molar refractivity (Wildman–Crippen MR) is 83.0 cm³/mol. The molecule has 1 N–H and O–H groups in total. The predicted octanol–water partition coefficient (Wildman–Crippen LogP) is 3.24. The summed E-state index contributed by atoms with van der Waals surface area (Å²) in [7, 11) is 1.93. The number of nitrogens with zero attached hydrogens (tertiary/aromatic N) is 2. The van der Waals surface area contributed by atoms with Crippen LogP contribution in [0.1, 0.15) is 18.9 Å². The number of thioether (sulfide) groups is 1. The Kier molecular flexibility index (Phi) is 4.84. The molecule has 4 nitrogen and oxygen atoms in total. The molecule has 0 saturated heterocycles. The average Bonchev–Trinajstić information content (AvgIpc) is 2.84. The Morgan fingerprint density at radius 2 is 2.10 bits per heavy atom. The molecule has 20 heavy (non-hydrogen) atoms. The van der Waals surface area contributed by atoms with Crippen molar-refractivity contribution in [2.24, 2.45) is 7.05 Å². The molecule has 1 aromatic carbocycles. The summed E-state index contributed by atoms with van der Waals surface area (Å²) >= 11 is 1.49. The van der Waals surface area contributed by atoms with Gasteiger partial charge in [-0.3, -0.25) is 4.79 Å². The maximum absolute atomic E-state index is 12.3. The van der Waals surface area contributed by atoms with Crippen molar-refractivity contribution in [1.29, 1.82) is 0 Å². The summed E-state index contributed by atoms with van der Waals surface area (Å²) in [4.78, 5) is 16.5. The van der Waals surface area contributed by atoms with Crippen LogP contribution in [0.3, 0.4) is 0 Å². The summed E-state index contributed by atoms with van der Waals surface area (Å²) < 4.78 is 1.92. The normalized spacial score (nSPS) is 12.2. The molecule has 0 saturated carbocycles. The summed E-state index contributed by atoms with van der Waals surface area (Å²) in [6.45, 7) is 4.03. The van der Waals surface area contributed by atoms with E-state index in [0.717, 1.165) is 17.3 Å². The maximum atomic E-state index is 12.3. The molecule has 1 aromatic heterocycles. The third-order valence-corrected chi connectivity index (χ3v) is 4.44. The Labute approximate surface area is 123 Å². The summed E-state index contributed by atoms with van der Waals surface area (Å²) in [6.07, 6.45) is 4.38. The largest absolute Gasteiger partial charge is 0.329 e. The number of carbonyl (C=O) groups excluding carboxylic acids is 1. The Morgan fingerprint density at radius 1 is 1.40 bits per heavy atom. The first-order chi connectivity index (χ1) is 9.60. The van der Waals surface area contributed by atoms with Crippen molar-refractivity contribution in [1.82, 2.24) is 9.55 Å². The van der Waals surface area contributed by atoms with Gasteiger partial charge in [0.2, 0.25) is 5.91 Å². The third-order valence-electron chi connectivity index (χ3n) is 3.01. The van der Waals surface area contributed by atoms with Crippen molar-refractivity contribution < 1.29 is 4.79 Å². The van der Waals surface area contributed by atoms with E-state index in [-0.39, 0.29) is 11.2 Å². The van der Waals surface area contributed by atoms with Gasteiger partial charge in [-0.05, 0) is 25.5 Å². The number of hydrogen-bond donors (Lipinski definition) is 1. The smallest absolute Gasteiger partial charge is 0.237 e. The Morgan fingerprint density at radius 3 is 2.65 bits per heavy atom. The fraction of sp³-hybridized carbons (Fsp3) is 0.333. The van der Waals surface area contributed by atoms with Crippen molar-refractivity contribution in [2.45, 2.75) is 30.7 Å². The fourth-order valence-electron chi connectivity index (χ4n) is 1.77. The van der Waals surface area contributed by atoms with Crippen LogP contribution in [0, 0.1) is 6.92 Å². The number of aryl methyl sites for hydroxylation is 2. The zero-order valence-electron chi connectivity index (χ0n) is 12.0. The average molecular weight is 289 g/mol. The summed E-state index contributed by atoms with van der Waals surface area (Å²) in [5.74, 6) is 0.0179. The minimum atomic E-state index is -0.141. The topological polar surface area (TPSA) is 46.9 Å². The molecule has 0 bridgehead atoms. The van der Waals surface area contributed by atoms with Gasteiger partial charge in [0.25, 0.3) is 0 Å². The van der Waals surface area contributed by atoms with Gasteiger partial charge in [-0.2, -0.15) is 0 Å². The van der Waals surface area contributed by atoms with E-state index >= 15 is 0 Å². The highest BCUT2D eigenvalue weighted by Crippen LogP contribution is 2.24. The van der Waals surface area contributed by atoms with E-state index in [1.165, 1.54) is 17.3 Å². The zero-order valence-corrected chi connectivity index (χ0v) is 12.8. The Hall–Kier alpha value is -1.75. The van der Waals surface area contributed by atoms with Gasteiger partial charge >= 0.3 is 0 Å². The van der Waals surface area contributed by atoms with Crippen molar-refractivity contribution in [2.75, 3.05) is 5.32 Å². The first-order valence-electron chi connectivity index (χ1n) is 6.61. The molecule has 1 amide bonds. The number of nitrogens with one attached hydrogen (secondary N) is 1. The van der Waals surface area contributed by atoms with Crippen molar-refractivity contribution >= 4 is 23.4 Å². The molecule has 0 aliphatic heterocycles. The second kappa shape index (κ2) is 6.61. The first kappa shape index (κ1) is 14.7. The quantitative estimate of drug-likeness (QED) is 0.860. The van der Waals surface area contributed by atoms with Gasteiger partial charge in [-0.15, -0.1) is 0 Å². The molecule has 106 valence electrons. The lowest BCUT2D eigenvalue weighted by Crippen LogP contribution is -2.24. The minimum absolute atomic E-state index is 0.0179. The van der Waals surface area contributed by atoms with Crippen LogP contribution in [-0.2, 0) is 11.8 Å². The van der Waals surface area contributed by atoms with Gasteiger partial charge < -0.3 is 9.88 Å². The lowest BCUT2D eigenvalue weighted by atomic mass is 10.2. The lowest BCUT2D eigenvalue weighted by Gasteiger charge is -2.14. The highest BCUT2D eigenvalue weighted by Gasteiger charge is 2.19. The third kappa shape index (κ3) is 3.63. The van der Waals surface area contributed by atoms with E-state index in [9.17, 15) is 4.79 Å². The van der Waals surface area contributed by atoms with Gasteiger partial charge in [-0.1, -0.05) is 36.4 Å². The molecule has 0 radical (unpaired) electrons. The van der Waals surface area contributed by atoms with E-state index in [0.29, 0.717) is 0 Å². The SMILES string of the molecule is CCC(Sc1nccn1C)C(=O)Nc1ccc(C)cc1. The molecule has 2 aromatic rings. The number of hydrogen-bond acceptors (Lipinski definition) is 3. The van der Waals surface area contributed by atoms with Crippen LogP contribution in [0.15, 0.2) is 41.8 Å². The molecule has 2 rings (SSSR count). The minimum Gasteiger partial charge on any atom is -0.329 e. The Bertz CT molecular complexity index is 577. The van der Waals surface area contributed by atoms with Crippen LogP contribution in [-0.4, -0.2) is 20.7 Å². The van der Waals surface area contributed by atoms with Crippen LogP contribution < -0.4 is 5.32 Å². The molecule has 1 unspecified atom stereocenters. The summed E-state index contributed by atoms with van der Waals surface area (Å²) in [5, 5.41) is 3.67. The van der Waals surface area contributed by atoms with Crippen LogP contribution in [0.4, 0.5) is 5.69 Å². The second-order valence-electron chi connectivity index (χ2n) is 4.69. The molecular formula is C15H19N3OS. The van der Waals surface area contributed by atoms with Crippen molar-refractivity contribution in [3.63, 3.8) is 0 Å². The van der Waals surface area contributed by atoms with Crippen LogP contribution in [0.25, 0.3) is 0 Å². The highest BCUT2D eigenvalue weighted by atomic mass is 32.2. The van der Waals surface area contributed by atoms with Gasteiger partial charge in [0.05, 0.1) is 5.25 Å². The number of anilines is 1. The number of aromatic nitrogens is 2. The monoisotopic (exact) mass is 289 g/mol. The molecule has 0 spiro atoms. The molecule has 0 fully saturated rings. The second-order valence-corrected chi connectivity index (χ2v) is 5.86. The summed E-state index contributed by atoms with van der Waals surface area (Å²) in [6, 6.07) is 7.82. The van der Waals surface area contributed by atoms with E-state index in [2.05, 4.69) is 10.3 Å². The van der Waals surface area contributed by atoms with E-state index in [4.69, 9.17) is 0 Å². The highest BCUT2D eigenvalue weighted by molar-refractivity contribution is 8.00. The number of amides is 1. The van der Waals surface area contributed by atoms with E-state index in [1.807, 2.05) is 55.9 Å². The summed E-state index contributed by atoms with van der Waals surface area (Å²) in [5.41, 5.74) is 2.01. The molecule has 0 aliphatic carbocycles. The number of carbonyl (C=O) groups is 1. The lowest BCUT2D eigenvalue weighted by molar-refractivity contribution is -0.115. The first-order valence-corrected chi connectivity index (χ1v) is 7.49. The standard InChI is InChI=1S/C15H19N3OS/c1-4-13(20-15-16-9-10-18(15)3)14(19)17-12-7-5-11(2)6-8-12/h5-10,13H,4H2,1-3H3,(H,17,19). The van der Waals surface area contributed by atoms with Gasteiger partial charge in [-0.25, -0.2) is 4.98 Å². The molecular weight excluding hydrogens is 270 g/mol. The number of imidazole rings is 1. The molecule has 1 heterocycles. The zero-order chi connectivity index (χ0) is 14.5. The van der Waals surface area contributed by atoms with E-state index in [1.54, 1.807) is 6.20 Å². The maximum Gasteiger partial charge on any atom is 0.237 e. The van der Waals surface area contributed by atoms with E-state index < -0.39 is 0 Å².